The number of hydrogen-bond acceptors (Lipinski definition) is 5. The Morgan fingerprint density at radius 2 is 2.13 bits per heavy atom. The van der Waals surface area contributed by atoms with Crippen LogP contribution in [0.25, 0.3) is 0 Å². The monoisotopic (exact) mass is 452 g/mol. The van der Waals surface area contributed by atoms with E-state index < -0.39 is 27.2 Å². The van der Waals surface area contributed by atoms with Crippen molar-refractivity contribution in [3.05, 3.63) is 39.5 Å². The number of rotatable bonds is 4. The summed E-state index contributed by atoms with van der Waals surface area (Å²) in [5.74, 6) is 0. The van der Waals surface area contributed by atoms with E-state index in [1.165, 1.54) is 6.07 Å². The van der Waals surface area contributed by atoms with Gasteiger partial charge < -0.3 is 10.4 Å². The Hall–Kier alpha value is -1.88. The van der Waals surface area contributed by atoms with E-state index >= 15 is 0 Å². The Morgan fingerprint density at radius 3 is 2.73 bits per heavy atom. The second-order valence-electron chi connectivity index (χ2n) is 8.51. The fourth-order valence-corrected chi connectivity index (χ4v) is 6.00. The Kier molecular flexibility index (Phi) is 5.04. The summed E-state index contributed by atoms with van der Waals surface area (Å²) in [6, 6.07) is 0.649. The average Bonchev–Trinajstić information content (AvgIpc) is 3.06. The molecular weight excluding hydrogens is 427 g/mol. The highest BCUT2D eigenvalue weighted by atomic mass is 32.2. The number of hydrogen-bond donors (Lipinski definition) is 3. The van der Waals surface area contributed by atoms with Crippen LogP contribution in [0.15, 0.2) is 20.0 Å². The van der Waals surface area contributed by atoms with Crippen molar-refractivity contribution >= 4 is 33.0 Å². The minimum Gasteiger partial charge on any atom is -0.386 e. The third-order valence-corrected chi connectivity index (χ3v) is 8.46. The highest BCUT2D eigenvalue weighted by molar-refractivity contribution is 7.93. The number of nitrogens with zero attached hydrogens (tertiary/aromatic N) is 2. The van der Waals surface area contributed by atoms with E-state index in [0.29, 0.717) is 35.3 Å². The molecule has 4 N–H and O–H groups in total. The van der Waals surface area contributed by atoms with Crippen LogP contribution in [0.4, 0.5) is 14.9 Å². The van der Waals surface area contributed by atoms with Crippen molar-refractivity contribution in [3.63, 3.8) is 0 Å². The number of carbonyl (C=O) groups excluding carboxylic acids is 1. The molecule has 2 amide bonds. The number of alkyl halides is 1. The molecule has 10 heteroatoms. The number of amides is 2. The molecule has 0 saturated heterocycles. The van der Waals surface area contributed by atoms with Crippen LogP contribution in [-0.2, 0) is 34.0 Å². The minimum absolute atomic E-state index is 0.202. The first kappa shape index (κ1) is 21.4. The van der Waals surface area contributed by atoms with Gasteiger partial charge in [-0.1, -0.05) is 0 Å². The molecule has 162 valence electrons. The highest BCUT2D eigenvalue weighted by Gasteiger charge is 2.48. The van der Waals surface area contributed by atoms with Gasteiger partial charge in [-0.3, -0.25) is 4.98 Å². The van der Waals surface area contributed by atoms with E-state index in [-0.39, 0.29) is 4.21 Å². The zero-order valence-corrected chi connectivity index (χ0v) is 18.8. The topological polar surface area (TPSA) is 118 Å². The van der Waals surface area contributed by atoms with Crippen LogP contribution < -0.4 is 10.5 Å². The lowest BCUT2D eigenvalue weighted by Gasteiger charge is -2.17. The van der Waals surface area contributed by atoms with Crippen molar-refractivity contribution in [1.82, 2.24) is 4.98 Å². The number of nitrogens with one attached hydrogen (secondary N) is 1. The van der Waals surface area contributed by atoms with Crippen LogP contribution in [0.3, 0.4) is 0 Å². The molecule has 2 aliphatic carbocycles. The molecule has 0 aromatic carbocycles. The molecule has 0 bridgehead atoms. The number of pyridine rings is 1. The summed E-state index contributed by atoms with van der Waals surface area (Å²) in [6.45, 7) is 4.94. The summed E-state index contributed by atoms with van der Waals surface area (Å²) < 4.78 is 31.6. The lowest BCUT2D eigenvalue weighted by Crippen LogP contribution is -2.19. The van der Waals surface area contributed by atoms with Gasteiger partial charge in [0.25, 0.3) is 0 Å². The van der Waals surface area contributed by atoms with Crippen molar-refractivity contribution in [2.24, 2.45) is 9.50 Å². The van der Waals surface area contributed by atoms with Crippen molar-refractivity contribution in [1.29, 1.82) is 0 Å². The Labute approximate surface area is 179 Å². The first-order valence-electron chi connectivity index (χ1n) is 9.80. The normalized spacial score (nSPS) is 19.1. The number of urea groups is 1. The largest absolute Gasteiger partial charge is 0.386 e. The van der Waals surface area contributed by atoms with Crippen molar-refractivity contribution in [3.8, 4) is 0 Å². The lowest BCUT2D eigenvalue weighted by molar-refractivity contribution is 0.0789. The fraction of sp³-hybridized carbons (Fsp3) is 0.500. The zero-order chi connectivity index (χ0) is 21.9. The van der Waals surface area contributed by atoms with Crippen LogP contribution in [0.5, 0.6) is 0 Å². The minimum atomic E-state index is -3.49. The number of nitrogens with two attached hydrogens (primary N) is 1. The molecule has 1 saturated carbocycles. The van der Waals surface area contributed by atoms with Crippen LogP contribution >= 0.6 is 11.3 Å². The Balaban J connectivity index is 1.67. The van der Waals surface area contributed by atoms with Gasteiger partial charge in [-0.05, 0) is 81.0 Å². The predicted octanol–water partition coefficient (Wildman–Crippen LogP) is 4.06. The number of aliphatic hydroxyl groups is 1. The molecule has 0 radical (unpaired) electrons. The second kappa shape index (κ2) is 7.08. The predicted molar refractivity (Wildman–Crippen MR) is 115 cm³/mol. The van der Waals surface area contributed by atoms with Gasteiger partial charge in [0.1, 0.15) is 4.21 Å². The van der Waals surface area contributed by atoms with E-state index in [4.69, 9.17) is 5.14 Å². The number of thiophene rings is 1. The van der Waals surface area contributed by atoms with E-state index in [1.807, 2.05) is 0 Å². The second-order valence-corrected chi connectivity index (χ2v) is 11.4. The SMILES string of the molecule is Cc1c(C2(F)CC2)nc2c(c1NC(=O)N=[S@@](N)(=O)c1cc(C(C)(C)O)cs1)CCC2. The van der Waals surface area contributed by atoms with Gasteiger partial charge in [0.05, 0.1) is 17.0 Å². The highest BCUT2D eigenvalue weighted by Crippen LogP contribution is 2.51. The molecule has 0 aliphatic heterocycles. The smallest absolute Gasteiger partial charge is 0.354 e. The maximum atomic E-state index is 14.8. The molecule has 2 aliphatic rings. The maximum Gasteiger partial charge on any atom is 0.354 e. The number of halogens is 1. The summed E-state index contributed by atoms with van der Waals surface area (Å²) in [4.78, 5) is 17.2. The molecule has 0 unspecified atom stereocenters. The van der Waals surface area contributed by atoms with Crippen LogP contribution in [-0.4, -0.2) is 20.3 Å². The van der Waals surface area contributed by atoms with Gasteiger partial charge in [0.15, 0.2) is 15.6 Å². The summed E-state index contributed by atoms with van der Waals surface area (Å²) in [7, 11) is -3.49. The first-order valence-corrected chi connectivity index (χ1v) is 12.3. The van der Waals surface area contributed by atoms with Crippen molar-refractivity contribution in [2.45, 2.75) is 68.4 Å². The molecule has 7 nitrogen and oxygen atoms in total. The van der Waals surface area contributed by atoms with Gasteiger partial charge in [0.2, 0.25) is 0 Å². The molecule has 30 heavy (non-hydrogen) atoms. The molecule has 1 atom stereocenters. The van der Waals surface area contributed by atoms with Crippen LogP contribution in [0.2, 0.25) is 0 Å². The van der Waals surface area contributed by atoms with Crippen molar-refractivity contribution in [2.75, 3.05) is 5.32 Å². The van der Waals surface area contributed by atoms with Gasteiger partial charge >= 0.3 is 6.03 Å². The fourth-order valence-electron chi connectivity index (χ4n) is 3.72. The quantitative estimate of drug-likeness (QED) is 0.648. The molecule has 1 fully saturated rings. The van der Waals surface area contributed by atoms with E-state index in [9.17, 15) is 18.5 Å². The molecule has 2 aromatic heterocycles. The lowest BCUT2D eigenvalue weighted by atomic mass is 10.0. The number of aromatic nitrogens is 1. The van der Waals surface area contributed by atoms with E-state index in [0.717, 1.165) is 41.9 Å². The summed E-state index contributed by atoms with van der Waals surface area (Å²) in [5, 5.41) is 20.3. The standard InChI is InChI=1S/C20H25FN4O3S2/c1-11-16(13-5-4-6-14(13)23-17(11)20(21)7-8-20)24-18(26)25-30(22,28)15-9-12(10-29-15)19(2,3)27/h9-10,27H,4-8H2,1-3H3,(H3,22,23,24,25,26,28)/t30-/m1/s1. The summed E-state index contributed by atoms with van der Waals surface area (Å²) >= 11 is 1.08. The van der Waals surface area contributed by atoms with E-state index in [1.54, 1.807) is 26.2 Å². The average molecular weight is 453 g/mol. The first-order chi connectivity index (χ1) is 13.9. The molecule has 2 heterocycles. The summed E-state index contributed by atoms with van der Waals surface area (Å²) in [6.07, 6.45) is 3.20. The maximum absolute atomic E-state index is 14.8. The van der Waals surface area contributed by atoms with Gasteiger partial charge in [0, 0.05) is 5.69 Å². The van der Waals surface area contributed by atoms with Gasteiger partial charge in [-0.25, -0.2) is 18.5 Å². The Bertz CT molecular complexity index is 1160. The molecule has 0 spiro atoms. The Morgan fingerprint density at radius 1 is 1.43 bits per heavy atom. The number of fused-ring (bicyclic) bond motifs is 1. The molecular formula is C20H25FN4O3S2. The van der Waals surface area contributed by atoms with Crippen LogP contribution in [0.1, 0.15) is 61.2 Å². The number of aryl methyl sites for hydroxylation is 1. The molecule has 2 aromatic rings. The van der Waals surface area contributed by atoms with Gasteiger partial charge in [-0.2, -0.15) is 0 Å². The number of carbonyl (C=O) groups is 1. The van der Waals surface area contributed by atoms with E-state index in [2.05, 4.69) is 14.7 Å². The summed E-state index contributed by atoms with van der Waals surface area (Å²) in [5.41, 5.74) is 1.14. The molecule has 4 rings (SSSR count). The number of anilines is 1. The van der Waals surface area contributed by atoms with Crippen LogP contribution in [0, 0.1) is 6.92 Å². The van der Waals surface area contributed by atoms with Gasteiger partial charge in [-0.15, -0.1) is 15.7 Å². The zero-order valence-electron chi connectivity index (χ0n) is 17.1. The van der Waals surface area contributed by atoms with Crippen molar-refractivity contribution < 1.29 is 18.5 Å². The third kappa shape index (κ3) is 3.89. The third-order valence-electron chi connectivity index (χ3n) is 5.60.